The monoisotopic (exact) mass is 479 g/mol. The Balaban J connectivity index is 1.69. The minimum Gasteiger partial charge on any atom is -0.444 e. The van der Waals surface area contributed by atoms with E-state index in [1.54, 1.807) is 20.8 Å². The van der Waals surface area contributed by atoms with Gasteiger partial charge in [0, 0.05) is 18.7 Å². The molecule has 1 fully saturated rings. The Morgan fingerprint density at radius 1 is 1.18 bits per heavy atom. The van der Waals surface area contributed by atoms with Crippen LogP contribution >= 0.6 is 0 Å². The molecule has 1 aliphatic carbocycles. The molecule has 0 spiro atoms. The van der Waals surface area contributed by atoms with E-state index in [0.717, 1.165) is 36.8 Å². The lowest BCUT2D eigenvalue weighted by Crippen LogP contribution is -2.51. The maximum atomic E-state index is 13.7. The number of halogens is 2. The number of aromatic nitrogens is 1. The number of carbonyl (C=O) groups is 1. The SMILES string of the molecule is CC(C)Cc1cc(C2(NC[C@@H](O)[C@H](Cc3cc(F)cc(F)c3)NC(=O)OC(C)(C)C)CC2)on1. The Labute approximate surface area is 199 Å². The Kier molecular flexibility index (Phi) is 7.98. The van der Waals surface area contributed by atoms with Crippen LogP contribution in [0.4, 0.5) is 13.6 Å². The van der Waals surface area contributed by atoms with Crippen LogP contribution in [0.5, 0.6) is 0 Å². The van der Waals surface area contributed by atoms with Gasteiger partial charge in [0.05, 0.1) is 23.4 Å². The van der Waals surface area contributed by atoms with Gasteiger partial charge >= 0.3 is 6.09 Å². The van der Waals surface area contributed by atoms with Crippen LogP contribution in [0.15, 0.2) is 28.8 Å². The molecule has 34 heavy (non-hydrogen) atoms. The highest BCUT2D eigenvalue weighted by Crippen LogP contribution is 2.45. The van der Waals surface area contributed by atoms with Crippen LogP contribution in [0.3, 0.4) is 0 Å². The average Bonchev–Trinajstić information content (AvgIpc) is 3.33. The van der Waals surface area contributed by atoms with Crippen LogP contribution in [-0.4, -0.2) is 40.6 Å². The Morgan fingerprint density at radius 3 is 2.38 bits per heavy atom. The molecule has 1 aromatic carbocycles. The molecule has 1 saturated carbocycles. The van der Waals surface area contributed by atoms with Gasteiger partial charge in [-0.05, 0) is 70.1 Å². The zero-order valence-corrected chi connectivity index (χ0v) is 20.5. The molecule has 3 rings (SSSR count). The third kappa shape index (κ3) is 7.50. The first-order valence-electron chi connectivity index (χ1n) is 11.7. The van der Waals surface area contributed by atoms with Crippen molar-refractivity contribution in [2.75, 3.05) is 6.54 Å². The van der Waals surface area contributed by atoms with E-state index in [2.05, 4.69) is 29.6 Å². The van der Waals surface area contributed by atoms with Crippen molar-refractivity contribution in [3.63, 3.8) is 0 Å². The van der Waals surface area contributed by atoms with E-state index in [1.807, 2.05) is 6.07 Å². The lowest BCUT2D eigenvalue weighted by atomic mass is 10.00. The minimum atomic E-state index is -1.06. The number of nitrogens with one attached hydrogen (secondary N) is 2. The van der Waals surface area contributed by atoms with Crippen LogP contribution in [0, 0.1) is 17.6 Å². The maximum absolute atomic E-state index is 13.7. The first-order valence-corrected chi connectivity index (χ1v) is 11.7. The van der Waals surface area contributed by atoms with Crippen molar-refractivity contribution in [1.29, 1.82) is 0 Å². The molecule has 2 aromatic rings. The molecule has 0 radical (unpaired) electrons. The van der Waals surface area contributed by atoms with Crippen LogP contribution < -0.4 is 10.6 Å². The van der Waals surface area contributed by atoms with Gasteiger partial charge in [-0.15, -0.1) is 0 Å². The number of hydrogen-bond acceptors (Lipinski definition) is 6. The number of alkyl carbamates (subject to hydrolysis) is 1. The molecule has 0 unspecified atom stereocenters. The highest BCUT2D eigenvalue weighted by atomic mass is 19.1. The fourth-order valence-corrected chi connectivity index (χ4v) is 3.85. The quantitative estimate of drug-likeness (QED) is 0.472. The molecule has 2 atom stereocenters. The molecule has 7 nitrogen and oxygen atoms in total. The number of aliphatic hydroxyl groups is 1. The van der Waals surface area contributed by atoms with Gasteiger partial charge in [0.1, 0.15) is 17.2 Å². The van der Waals surface area contributed by atoms with Crippen LogP contribution in [0.25, 0.3) is 0 Å². The molecular formula is C25H35F2N3O4. The predicted molar refractivity (Wildman–Crippen MR) is 123 cm³/mol. The van der Waals surface area contributed by atoms with Gasteiger partial charge in [0.25, 0.3) is 0 Å². The Hall–Kier alpha value is -2.52. The van der Waals surface area contributed by atoms with Crippen LogP contribution in [-0.2, 0) is 23.1 Å². The van der Waals surface area contributed by atoms with Crippen molar-refractivity contribution in [3.8, 4) is 0 Å². The summed E-state index contributed by atoms with van der Waals surface area (Å²) in [7, 11) is 0. The van der Waals surface area contributed by atoms with Crippen molar-refractivity contribution in [3.05, 3.63) is 52.9 Å². The fourth-order valence-electron chi connectivity index (χ4n) is 3.85. The number of benzene rings is 1. The molecule has 188 valence electrons. The van der Waals surface area contributed by atoms with Crippen molar-refractivity contribution in [2.45, 2.75) is 83.6 Å². The van der Waals surface area contributed by atoms with Gasteiger partial charge in [-0.2, -0.15) is 0 Å². The number of hydrogen-bond donors (Lipinski definition) is 3. The molecule has 0 aliphatic heterocycles. The molecule has 1 heterocycles. The van der Waals surface area contributed by atoms with Crippen molar-refractivity contribution >= 4 is 6.09 Å². The van der Waals surface area contributed by atoms with E-state index in [1.165, 1.54) is 12.1 Å². The second kappa shape index (κ2) is 10.4. The summed E-state index contributed by atoms with van der Waals surface area (Å²) >= 11 is 0. The number of rotatable bonds is 10. The van der Waals surface area contributed by atoms with Gasteiger partial charge < -0.3 is 25.0 Å². The predicted octanol–water partition coefficient (Wildman–Crippen LogP) is 4.23. The summed E-state index contributed by atoms with van der Waals surface area (Å²) in [6, 6.07) is 4.24. The summed E-state index contributed by atoms with van der Waals surface area (Å²) < 4.78 is 38.3. The molecule has 0 saturated heterocycles. The summed E-state index contributed by atoms with van der Waals surface area (Å²) in [6.07, 6.45) is 0.709. The van der Waals surface area contributed by atoms with E-state index < -0.39 is 41.0 Å². The largest absolute Gasteiger partial charge is 0.444 e. The van der Waals surface area contributed by atoms with E-state index in [-0.39, 0.29) is 13.0 Å². The molecule has 3 N–H and O–H groups in total. The molecule has 1 aromatic heterocycles. The van der Waals surface area contributed by atoms with Crippen molar-refractivity contribution < 1.29 is 27.9 Å². The second-order valence-electron chi connectivity index (χ2n) is 10.5. The molecule has 0 bridgehead atoms. The topological polar surface area (TPSA) is 96.6 Å². The maximum Gasteiger partial charge on any atom is 0.407 e. The summed E-state index contributed by atoms with van der Waals surface area (Å²) in [4.78, 5) is 12.4. The number of aliphatic hydroxyl groups excluding tert-OH is 1. The van der Waals surface area contributed by atoms with Gasteiger partial charge in [-0.3, -0.25) is 0 Å². The smallest absolute Gasteiger partial charge is 0.407 e. The van der Waals surface area contributed by atoms with Crippen molar-refractivity contribution in [2.24, 2.45) is 5.92 Å². The van der Waals surface area contributed by atoms with Crippen LogP contribution in [0.2, 0.25) is 0 Å². The Bertz CT molecular complexity index is 963. The van der Waals surface area contributed by atoms with E-state index in [4.69, 9.17) is 9.26 Å². The zero-order chi connectivity index (χ0) is 25.1. The van der Waals surface area contributed by atoms with Gasteiger partial charge in [-0.1, -0.05) is 19.0 Å². The second-order valence-corrected chi connectivity index (χ2v) is 10.5. The van der Waals surface area contributed by atoms with Gasteiger partial charge in [-0.25, -0.2) is 13.6 Å². The van der Waals surface area contributed by atoms with E-state index >= 15 is 0 Å². The summed E-state index contributed by atoms with van der Waals surface area (Å²) in [5.41, 5.74) is 0.0504. The number of carbonyl (C=O) groups excluding carboxylic acids is 1. The minimum absolute atomic E-state index is 0.0185. The Morgan fingerprint density at radius 2 is 1.82 bits per heavy atom. The zero-order valence-electron chi connectivity index (χ0n) is 20.5. The summed E-state index contributed by atoms with van der Waals surface area (Å²) in [5, 5.41) is 21.1. The molecule has 1 aliphatic rings. The number of amides is 1. The molecule has 1 amide bonds. The van der Waals surface area contributed by atoms with Gasteiger partial charge in [0.15, 0.2) is 5.76 Å². The number of ether oxygens (including phenoxy) is 1. The first-order chi connectivity index (χ1) is 15.8. The van der Waals surface area contributed by atoms with Crippen LogP contribution in [0.1, 0.15) is 64.5 Å². The third-order valence-corrected chi connectivity index (χ3v) is 5.59. The van der Waals surface area contributed by atoms with E-state index in [9.17, 15) is 18.7 Å². The highest BCUT2D eigenvalue weighted by Gasteiger charge is 2.48. The fraction of sp³-hybridized carbons (Fsp3) is 0.600. The number of nitrogens with zero attached hydrogens (tertiary/aromatic N) is 1. The van der Waals surface area contributed by atoms with Crippen molar-refractivity contribution in [1.82, 2.24) is 15.8 Å². The molecule has 9 heteroatoms. The highest BCUT2D eigenvalue weighted by molar-refractivity contribution is 5.68. The normalized spacial score (nSPS) is 16.9. The van der Waals surface area contributed by atoms with Gasteiger partial charge in [0.2, 0.25) is 0 Å². The lowest BCUT2D eigenvalue weighted by Gasteiger charge is -2.28. The summed E-state index contributed by atoms with van der Waals surface area (Å²) in [6.45, 7) is 9.52. The summed E-state index contributed by atoms with van der Waals surface area (Å²) in [5.74, 6) is -0.273. The lowest BCUT2D eigenvalue weighted by molar-refractivity contribution is 0.0417. The molecular weight excluding hydrogens is 444 g/mol. The van der Waals surface area contributed by atoms with E-state index in [0.29, 0.717) is 11.5 Å². The first kappa shape index (κ1) is 26.1. The third-order valence-electron chi connectivity index (χ3n) is 5.59. The average molecular weight is 480 g/mol. The standard InChI is InChI=1S/C25H35F2N3O4/c1-15(2)8-19-13-22(34-30-19)25(6-7-25)28-14-21(31)20(29-23(32)33-24(3,4)5)11-16-9-17(26)12-18(27)10-16/h9-10,12-13,15,20-21,28,31H,6-8,11,14H2,1-5H3,(H,29,32)/t20-,21+/m0/s1.